The zero-order valence-electron chi connectivity index (χ0n) is 10.3. The van der Waals surface area contributed by atoms with E-state index in [4.69, 9.17) is 0 Å². The van der Waals surface area contributed by atoms with Crippen molar-refractivity contribution in [1.29, 1.82) is 0 Å². The van der Waals surface area contributed by atoms with E-state index < -0.39 is 17.6 Å². The second-order valence-electron chi connectivity index (χ2n) is 4.50. The van der Waals surface area contributed by atoms with E-state index in [2.05, 4.69) is 10.4 Å². The highest BCUT2D eigenvalue weighted by molar-refractivity contribution is 5.99. The van der Waals surface area contributed by atoms with Gasteiger partial charge in [-0.3, -0.25) is 19.7 Å². The first-order valence-corrected chi connectivity index (χ1v) is 6.00. The summed E-state index contributed by atoms with van der Waals surface area (Å²) in [6, 6.07) is 2.25. The lowest BCUT2D eigenvalue weighted by atomic mass is 10.1. The van der Waals surface area contributed by atoms with E-state index in [1.54, 1.807) is 0 Å². The van der Waals surface area contributed by atoms with E-state index >= 15 is 0 Å². The summed E-state index contributed by atoms with van der Waals surface area (Å²) >= 11 is 0. The second kappa shape index (κ2) is 4.41. The summed E-state index contributed by atoms with van der Waals surface area (Å²) < 4.78 is 2.25. The van der Waals surface area contributed by atoms with E-state index in [1.165, 1.54) is 22.7 Å². The number of imide groups is 1. The van der Waals surface area contributed by atoms with Crippen LogP contribution in [0.25, 0.3) is 5.65 Å². The Morgan fingerprint density at radius 2 is 2.10 bits per heavy atom. The van der Waals surface area contributed by atoms with Crippen LogP contribution in [0, 0.1) is 0 Å². The highest BCUT2D eigenvalue weighted by Gasteiger charge is 2.30. The van der Waals surface area contributed by atoms with Crippen LogP contribution >= 0.6 is 0 Å². The zero-order chi connectivity index (χ0) is 14.3. The first-order chi connectivity index (χ1) is 9.60. The van der Waals surface area contributed by atoms with Gasteiger partial charge in [0.15, 0.2) is 11.9 Å². The molecule has 20 heavy (non-hydrogen) atoms. The first kappa shape index (κ1) is 12.3. The number of carbonyl (C=O) groups is 3. The number of aldehydes is 1. The molecule has 102 valence electrons. The predicted molar refractivity (Wildman–Crippen MR) is 66.3 cm³/mol. The van der Waals surface area contributed by atoms with Crippen LogP contribution in [0.2, 0.25) is 0 Å². The molecular formula is C12H10N4O4. The van der Waals surface area contributed by atoms with Crippen LogP contribution in [0.5, 0.6) is 0 Å². The molecule has 1 N–H and O–H groups in total. The van der Waals surface area contributed by atoms with Crippen molar-refractivity contribution in [2.45, 2.75) is 18.9 Å². The van der Waals surface area contributed by atoms with Crippen molar-refractivity contribution in [3.63, 3.8) is 0 Å². The fraction of sp³-hybridized carbons (Fsp3) is 0.250. The number of piperidine rings is 1. The minimum atomic E-state index is -0.806. The van der Waals surface area contributed by atoms with Crippen LogP contribution in [0.1, 0.15) is 29.2 Å². The van der Waals surface area contributed by atoms with Gasteiger partial charge in [-0.15, -0.1) is 5.10 Å². The normalized spacial score (nSPS) is 19.1. The fourth-order valence-electron chi connectivity index (χ4n) is 2.20. The third-order valence-electron chi connectivity index (χ3n) is 3.20. The van der Waals surface area contributed by atoms with Gasteiger partial charge < -0.3 is 0 Å². The maximum Gasteiger partial charge on any atom is 0.351 e. The van der Waals surface area contributed by atoms with Crippen LogP contribution in [-0.2, 0) is 9.59 Å². The van der Waals surface area contributed by atoms with E-state index in [0.29, 0.717) is 17.5 Å². The highest BCUT2D eigenvalue weighted by Crippen LogP contribution is 2.16. The Labute approximate surface area is 112 Å². The molecule has 0 saturated carbocycles. The Morgan fingerprint density at radius 3 is 2.80 bits per heavy atom. The zero-order valence-corrected chi connectivity index (χ0v) is 10.3. The molecule has 3 rings (SSSR count). The lowest BCUT2D eigenvalue weighted by molar-refractivity contribution is -0.136. The van der Waals surface area contributed by atoms with Crippen molar-refractivity contribution in [1.82, 2.24) is 19.5 Å². The Bertz CT molecular complexity index is 788. The van der Waals surface area contributed by atoms with Crippen molar-refractivity contribution in [3.8, 4) is 0 Å². The van der Waals surface area contributed by atoms with Crippen molar-refractivity contribution in [2.24, 2.45) is 0 Å². The van der Waals surface area contributed by atoms with E-state index in [1.807, 2.05) is 0 Å². The van der Waals surface area contributed by atoms with Crippen LogP contribution in [0.3, 0.4) is 0 Å². The number of hydrogen-bond donors (Lipinski definition) is 1. The molecule has 1 atom stereocenters. The van der Waals surface area contributed by atoms with E-state index in [9.17, 15) is 19.2 Å². The monoisotopic (exact) mass is 274 g/mol. The van der Waals surface area contributed by atoms with Gasteiger partial charge in [-0.1, -0.05) is 0 Å². The fourth-order valence-corrected chi connectivity index (χ4v) is 2.20. The molecule has 1 fully saturated rings. The van der Waals surface area contributed by atoms with Gasteiger partial charge in [0.2, 0.25) is 5.91 Å². The predicted octanol–water partition coefficient (Wildman–Crippen LogP) is -0.714. The van der Waals surface area contributed by atoms with Gasteiger partial charge >= 0.3 is 5.69 Å². The number of carbonyl (C=O) groups excluding carboxylic acids is 3. The molecule has 0 aromatic carbocycles. The smallest absolute Gasteiger partial charge is 0.298 e. The summed E-state index contributed by atoms with van der Waals surface area (Å²) in [5.41, 5.74) is 0.158. The number of aromatic nitrogens is 3. The first-order valence-electron chi connectivity index (χ1n) is 6.00. The Morgan fingerprint density at radius 1 is 1.30 bits per heavy atom. The summed E-state index contributed by atoms with van der Waals surface area (Å²) in [6.07, 6.45) is 2.38. The second-order valence-corrected chi connectivity index (χ2v) is 4.50. The topological polar surface area (TPSA) is 103 Å². The molecule has 1 aliphatic rings. The molecule has 0 radical (unpaired) electrons. The minimum absolute atomic E-state index is 0.163. The standard InChI is InChI=1S/C12H10N4O4/c17-6-7-1-3-9-14-16(12(20)15(9)5-7)8-2-4-10(18)13-11(8)19/h1,3,5-6,8H,2,4H2,(H,13,18,19). The number of amides is 2. The van der Waals surface area contributed by atoms with Crippen LogP contribution in [-0.4, -0.2) is 32.3 Å². The molecule has 0 bridgehead atoms. The van der Waals surface area contributed by atoms with Crippen molar-refractivity contribution < 1.29 is 14.4 Å². The molecule has 1 aliphatic heterocycles. The molecule has 2 aromatic rings. The van der Waals surface area contributed by atoms with Gasteiger partial charge in [0.05, 0.1) is 0 Å². The van der Waals surface area contributed by atoms with Gasteiger partial charge in [0.1, 0.15) is 6.04 Å². The molecule has 2 aromatic heterocycles. The number of hydrogen-bond acceptors (Lipinski definition) is 5. The number of pyridine rings is 1. The van der Waals surface area contributed by atoms with Crippen LogP contribution in [0.4, 0.5) is 0 Å². The van der Waals surface area contributed by atoms with Gasteiger partial charge in [-0.05, 0) is 18.6 Å². The summed E-state index contributed by atoms with van der Waals surface area (Å²) in [6.45, 7) is 0. The quantitative estimate of drug-likeness (QED) is 0.575. The Hall–Kier alpha value is -2.77. The lowest BCUT2D eigenvalue weighted by Crippen LogP contribution is -2.44. The Kier molecular flexibility index (Phi) is 2.70. The molecule has 3 heterocycles. The number of fused-ring (bicyclic) bond motifs is 1. The van der Waals surface area contributed by atoms with Crippen LogP contribution < -0.4 is 11.0 Å². The average Bonchev–Trinajstić information content (AvgIpc) is 2.76. The SMILES string of the molecule is O=Cc1ccc2nn(C3CCC(=O)NC3=O)c(=O)n2c1. The molecule has 0 spiro atoms. The van der Waals surface area contributed by atoms with Crippen LogP contribution in [0.15, 0.2) is 23.1 Å². The summed E-state index contributed by atoms with van der Waals surface area (Å²) in [5.74, 6) is -0.895. The molecular weight excluding hydrogens is 264 g/mol. The minimum Gasteiger partial charge on any atom is -0.298 e. The van der Waals surface area contributed by atoms with Gasteiger partial charge in [0, 0.05) is 18.2 Å². The number of rotatable bonds is 2. The molecule has 2 amide bonds. The van der Waals surface area contributed by atoms with Crippen molar-refractivity contribution in [2.75, 3.05) is 0 Å². The number of nitrogens with one attached hydrogen (secondary N) is 1. The largest absolute Gasteiger partial charge is 0.351 e. The summed E-state index contributed by atoms with van der Waals surface area (Å²) in [5, 5.41) is 6.24. The summed E-state index contributed by atoms with van der Waals surface area (Å²) in [4.78, 5) is 45.8. The average molecular weight is 274 g/mol. The van der Waals surface area contributed by atoms with Gasteiger partial charge in [0.25, 0.3) is 5.91 Å². The third kappa shape index (κ3) is 1.81. The third-order valence-corrected chi connectivity index (χ3v) is 3.20. The lowest BCUT2D eigenvalue weighted by Gasteiger charge is -2.19. The maximum absolute atomic E-state index is 12.2. The van der Waals surface area contributed by atoms with E-state index in [0.717, 1.165) is 4.68 Å². The molecule has 1 unspecified atom stereocenters. The maximum atomic E-state index is 12.2. The number of nitrogens with zero attached hydrogens (tertiary/aromatic N) is 3. The summed E-state index contributed by atoms with van der Waals surface area (Å²) in [7, 11) is 0. The highest BCUT2D eigenvalue weighted by atomic mass is 16.2. The van der Waals surface area contributed by atoms with E-state index in [-0.39, 0.29) is 18.7 Å². The molecule has 0 aliphatic carbocycles. The molecule has 8 nitrogen and oxygen atoms in total. The van der Waals surface area contributed by atoms with Gasteiger partial charge in [-0.2, -0.15) is 4.68 Å². The Balaban J connectivity index is 2.10. The van der Waals surface area contributed by atoms with Crippen molar-refractivity contribution >= 4 is 23.7 Å². The van der Waals surface area contributed by atoms with Gasteiger partial charge in [-0.25, -0.2) is 9.20 Å². The van der Waals surface area contributed by atoms with Crippen molar-refractivity contribution in [3.05, 3.63) is 34.4 Å². The molecule has 1 saturated heterocycles. The molecule has 8 heteroatoms.